The molecular weight excluding hydrogens is 360 g/mol. The summed E-state index contributed by atoms with van der Waals surface area (Å²) in [6.07, 6.45) is 4.19. The second kappa shape index (κ2) is 7.29. The van der Waals surface area contributed by atoms with E-state index in [4.69, 9.17) is 21.4 Å². The van der Waals surface area contributed by atoms with Crippen LogP contribution >= 0.6 is 22.9 Å². The average Bonchev–Trinajstić information content (AvgIpc) is 3.20. The summed E-state index contributed by atoms with van der Waals surface area (Å²) in [5, 5.41) is 15.3. The Bertz CT molecular complexity index is 817. The molecule has 3 aromatic rings. The third-order valence-electron chi connectivity index (χ3n) is 4.27. The van der Waals surface area contributed by atoms with E-state index in [9.17, 15) is 0 Å². The van der Waals surface area contributed by atoms with Crippen molar-refractivity contribution in [3.05, 3.63) is 35.5 Å². The lowest BCUT2D eigenvalue weighted by atomic mass is 10.1. The number of benzene rings is 1. The zero-order valence-corrected chi connectivity index (χ0v) is 15.2. The maximum Gasteiger partial charge on any atom is 0.214 e. The molecule has 0 saturated carbocycles. The minimum absolute atomic E-state index is 0.0645. The van der Waals surface area contributed by atoms with Crippen molar-refractivity contribution in [2.45, 2.75) is 18.9 Å². The SMILES string of the molecule is OCCOC1CCCN(c2nn3cc(-c4ccc(Cl)cc4)nc3s2)C1. The number of hydrogen-bond donors (Lipinski definition) is 1. The second-order valence-electron chi connectivity index (χ2n) is 6.05. The Kier molecular flexibility index (Phi) is 4.89. The normalized spacial score (nSPS) is 18.2. The van der Waals surface area contributed by atoms with Gasteiger partial charge in [-0.1, -0.05) is 35.1 Å². The van der Waals surface area contributed by atoms with E-state index in [2.05, 4.69) is 15.0 Å². The molecule has 1 N–H and O–H groups in total. The third-order valence-corrected chi connectivity index (χ3v) is 5.50. The zero-order valence-electron chi connectivity index (χ0n) is 13.6. The molecule has 25 heavy (non-hydrogen) atoms. The molecule has 1 atom stereocenters. The number of halogens is 1. The molecule has 1 aliphatic rings. The van der Waals surface area contributed by atoms with Gasteiger partial charge in [0.05, 0.1) is 31.2 Å². The first kappa shape index (κ1) is 16.8. The number of imidazole rings is 1. The molecule has 132 valence electrons. The number of aliphatic hydroxyl groups is 1. The van der Waals surface area contributed by atoms with Crippen molar-refractivity contribution in [3.63, 3.8) is 0 Å². The highest BCUT2D eigenvalue weighted by Gasteiger charge is 2.23. The van der Waals surface area contributed by atoms with Gasteiger partial charge in [-0.25, -0.2) is 9.50 Å². The summed E-state index contributed by atoms with van der Waals surface area (Å²) in [7, 11) is 0. The number of anilines is 1. The van der Waals surface area contributed by atoms with Gasteiger partial charge in [0, 0.05) is 23.7 Å². The molecule has 1 saturated heterocycles. The first-order chi connectivity index (χ1) is 12.2. The lowest BCUT2D eigenvalue weighted by molar-refractivity contribution is 0.0214. The van der Waals surface area contributed by atoms with Crippen LogP contribution in [0.2, 0.25) is 5.02 Å². The maximum absolute atomic E-state index is 8.91. The molecule has 2 aromatic heterocycles. The van der Waals surface area contributed by atoms with Crippen molar-refractivity contribution in [1.82, 2.24) is 14.6 Å². The van der Waals surface area contributed by atoms with E-state index in [1.807, 2.05) is 35.0 Å². The Morgan fingerprint density at radius 2 is 2.16 bits per heavy atom. The van der Waals surface area contributed by atoms with Gasteiger partial charge in [-0.3, -0.25) is 0 Å². The van der Waals surface area contributed by atoms with Crippen LogP contribution < -0.4 is 4.90 Å². The maximum atomic E-state index is 8.91. The summed E-state index contributed by atoms with van der Waals surface area (Å²) in [5.74, 6) is 0. The molecule has 1 unspecified atom stereocenters. The highest BCUT2D eigenvalue weighted by Crippen LogP contribution is 2.29. The number of piperidine rings is 1. The number of fused-ring (bicyclic) bond motifs is 1. The van der Waals surface area contributed by atoms with Crippen LogP contribution in [0.15, 0.2) is 30.5 Å². The summed E-state index contributed by atoms with van der Waals surface area (Å²) in [4.78, 5) is 7.80. The van der Waals surface area contributed by atoms with Crippen LogP contribution in [-0.4, -0.2) is 52.1 Å². The Labute approximate surface area is 154 Å². The average molecular weight is 379 g/mol. The molecule has 0 spiro atoms. The fourth-order valence-corrected chi connectivity index (χ4v) is 4.09. The molecule has 0 radical (unpaired) electrons. The van der Waals surface area contributed by atoms with Gasteiger partial charge < -0.3 is 14.7 Å². The van der Waals surface area contributed by atoms with E-state index in [1.54, 1.807) is 11.3 Å². The van der Waals surface area contributed by atoms with Crippen LogP contribution in [0.5, 0.6) is 0 Å². The van der Waals surface area contributed by atoms with Crippen LogP contribution in [0, 0.1) is 0 Å². The van der Waals surface area contributed by atoms with Crippen molar-refractivity contribution in [2.75, 3.05) is 31.2 Å². The van der Waals surface area contributed by atoms with Gasteiger partial charge in [-0.05, 0) is 25.0 Å². The first-order valence-corrected chi connectivity index (χ1v) is 9.52. The molecule has 1 fully saturated rings. The molecule has 1 aromatic carbocycles. The Morgan fingerprint density at radius 3 is 2.92 bits per heavy atom. The van der Waals surface area contributed by atoms with Crippen molar-refractivity contribution >= 4 is 33.0 Å². The molecule has 3 heterocycles. The number of hydrogen-bond acceptors (Lipinski definition) is 6. The zero-order chi connectivity index (χ0) is 17.2. The fraction of sp³-hybridized carbons (Fsp3) is 0.412. The monoisotopic (exact) mass is 378 g/mol. The molecule has 1 aliphatic heterocycles. The van der Waals surface area contributed by atoms with Crippen LogP contribution in [0.1, 0.15) is 12.8 Å². The Morgan fingerprint density at radius 1 is 1.32 bits per heavy atom. The quantitative estimate of drug-likeness (QED) is 0.739. The molecule has 0 bridgehead atoms. The van der Waals surface area contributed by atoms with Gasteiger partial charge in [0.15, 0.2) is 0 Å². The topological polar surface area (TPSA) is 62.9 Å². The predicted molar refractivity (Wildman–Crippen MR) is 99.6 cm³/mol. The van der Waals surface area contributed by atoms with Crippen molar-refractivity contribution in [1.29, 1.82) is 0 Å². The summed E-state index contributed by atoms with van der Waals surface area (Å²) in [5.41, 5.74) is 1.92. The molecule has 4 rings (SSSR count). The van der Waals surface area contributed by atoms with Crippen LogP contribution in [0.3, 0.4) is 0 Å². The molecule has 0 aliphatic carbocycles. The third kappa shape index (κ3) is 3.64. The van der Waals surface area contributed by atoms with E-state index in [0.29, 0.717) is 11.6 Å². The number of rotatable bonds is 5. The van der Waals surface area contributed by atoms with Gasteiger partial charge in [0.25, 0.3) is 0 Å². The first-order valence-electron chi connectivity index (χ1n) is 8.32. The smallest absolute Gasteiger partial charge is 0.214 e. The van der Waals surface area contributed by atoms with Gasteiger partial charge in [-0.15, -0.1) is 5.10 Å². The minimum atomic E-state index is 0.0645. The van der Waals surface area contributed by atoms with Gasteiger partial charge in [0.1, 0.15) is 0 Å². The van der Waals surface area contributed by atoms with E-state index in [0.717, 1.165) is 47.3 Å². The number of ether oxygens (including phenoxy) is 1. The fourth-order valence-electron chi connectivity index (χ4n) is 3.04. The number of aromatic nitrogens is 3. The number of aliphatic hydroxyl groups excluding tert-OH is 1. The van der Waals surface area contributed by atoms with E-state index in [-0.39, 0.29) is 12.7 Å². The van der Waals surface area contributed by atoms with Gasteiger partial charge >= 0.3 is 0 Å². The van der Waals surface area contributed by atoms with E-state index >= 15 is 0 Å². The van der Waals surface area contributed by atoms with Crippen molar-refractivity contribution in [2.24, 2.45) is 0 Å². The Balaban J connectivity index is 1.52. The summed E-state index contributed by atoms with van der Waals surface area (Å²) in [6, 6.07) is 7.65. The highest BCUT2D eigenvalue weighted by atomic mass is 35.5. The lowest BCUT2D eigenvalue weighted by Crippen LogP contribution is -2.40. The van der Waals surface area contributed by atoms with Gasteiger partial charge in [-0.2, -0.15) is 0 Å². The summed E-state index contributed by atoms with van der Waals surface area (Å²) in [6.45, 7) is 2.24. The molecule has 0 amide bonds. The standard InChI is InChI=1S/C17H19ClN4O2S/c18-13-5-3-12(4-6-13)15-11-22-16(19-15)25-17(20-22)21-7-1-2-14(10-21)24-9-8-23/h3-6,11,14,23H,1-2,7-10H2. The Hall–Kier alpha value is -1.67. The molecular formula is C17H19ClN4O2S. The van der Waals surface area contributed by atoms with E-state index < -0.39 is 0 Å². The predicted octanol–water partition coefficient (Wildman–Crippen LogP) is 3.09. The van der Waals surface area contributed by atoms with Crippen molar-refractivity contribution < 1.29 is 9.84 Å². The minimum Gasteiger partial charge on any atom is -0.394 e. The summed E-state index contributed by atoms with van der Waals surface area (Å²) < 4.78 is 7.51. The van der Waals surface area contributed by atoms with Gasteiger partial charge in [0.2, 0.25) is 10.1 Å². The van der Waals surface area contributed by atoms with Crippen molar-refractivity contribution in [3.8, 4) is 11.3 Å². The van der Waals surface area contributed by atoms with E-state index in [1.165, 1.54) is 0 Å². The van der Waals surface area contributed by atoms with Crippen LogP contribution in [0.25, 0.3) is 16.2 Å². The van der Waals surface area contributed by atoms with Crippen LogP contribution in [0.4, 0.5) is 5.13 Å². The molecule has 8 heteroatoms. The number of nitrogens with zero attached hydrogens (tertiary/aromatic N) is 4. The second-order valence-corrected chi connectivity index (χ2v) is 7.42. The largest absolute Gasteiger partial charge is 0.394 e. The molecule has 6 nitrogen and oxygen atoms in total. The lowest BCUT2D eigenvalue weighted by Gasteiger charge is -2.31. The highest BCUT2D eigenvalue weighted by molar-refractivity contribution is 7.20. The summed E-state index contributed by atoms with van der Waals surface area (Å²) >= 11 is 7.53. The van der Waals surface area contributed by atoms with Crippen LogP contribution in [-0.2, 0) is 4.74 Å².